The van der Waals surface area contributed by atoms with Gasteiger partial charge in [0.25, 0.3) is 0 Å². The van der Waals surface area contributed by atoms with Crippen LogP contribution in [0.1, 0.15) is 51.3 Å². The summed E-state index contributed by atoms with van der Waals surface area (Å²) >= 11 is 0. The Morgan fingerprint density at radius 3 is 2.65 bits per heavy atom. The molecule has 1 atom stereocenters. The van der Waals surface area contributed by atoms with E-state index in [1.807, 2.05) is 6.20 Å². The molecular formula is C16H30N4. The van der Waals surface area contributed by atoms with E-state index in [2.05, 4.69) is 41.7 Å². The Hall–Kier alpha value is -0.870. The van der Waals surface area contributed by atoms with Crippen LogP contribution in [0.25, 0.3) is 0 Å². The standard InChI is InChI=1S/C16H30N4/c1-4-11-20-12-10-18-15(20)13-14(17)16(19(2)3)8-6-5-7-9-16/h10,12,14H,4-9,11,13,17H2,1-3H3. The van der Waals surface area contributed by atoms with E-state index >= 15 is 0 Å². The summed E-state index contributed by atoms with van der Waals surface area (Å²) in [6.07, 6.45) is 12.4. The van der Waals surface area contributed by atoms with Crippen molar-refractivity contribution in [3.8, 4) is 0 Å². The minimum atomic E-state index is 0.154. The highest BCUT2D eigenvalue weighted by atomic mass is 15.2. The number of nitrogens with two attached hydrogens (primary N) is 1. The lowest BCUT2D eigenvalue weighted by Crippen LogP contribution is -2.59. The molecule has 1 aliphatic carbocycles. The Balaban J connectivity index is 2.12. The van der Waals surface area contributed by atoms with Gasteiger partial charge >= 0.3 is 0 Å². The van der Waals surface area contributed by atoms with Crippen molar-refractivity contribution in [2.45, 2.75) is 70.0 Å². The van der Waals surface area contributed by atoms with Crippen molar-refractivity contribution in [3.05, 3.63) is 18.2 Å². The van der Waals surface area contributed by atoms with Crippen LogP contribution in [0.3, 0.4) is 0 Å². The smallest absolute Gasteiger partial charge is 0.110 e. The lowest BCUT2D eigenvalue weighted by molar-refractivity contribution is 0.0706. The fraction of sp³-hybridized carbons (Fsp3) is 0.812. The van der Waals surface area contributed by atoms with Crippen molar-refractivity contribution >= 4 is 0 Å². The van der Waals surface area contributed by atoms with E-state index in [1.54, 1.807) is 0 Å². The summed E-state index contributed by atoms with van der Waals surface area (Å²) in [6.45, 7) is 3.24. The van der Waals surface area contributed by atoms with E-state index in [9.17, 15) is 0 Å². The number of aromatic nitrogens is 2. The van der Waals surface area contributed by atoms with E-state index in [0.717, 1.165) is 25.2 Å². The van der Waals surface area contributed by atoms with Crippen LogP contribution in [0.15, 0.2) is 12.4 Å². The zero-order chi connectivity index (χ0) is 14.6. The Morgan fingerprint density at radius 1 is 1.35 bits per heavy atom. The lowest BCUT2D eigenvalue weighted by Gasteiger charge is -2.47. The molecule has 0 saturated heterocycles. The maximum atomic E-state index is 6.65. The zero-order valence-corrected chi connectivity index (χ0v) is 13.3. The van der Waals surface area contributed by atoms with Gasteiger partial charge in [0.15, 0.2) is 0 Å². The summed E-state index contributed by atoms with van der Waals surface area (Å²) in [5, 5.41) is 0. The fourth-order valence-electron chi connectivity index (χ4n) is 3.67. The second kappa shape index (κ2) is 6.72. The van der Waals surface area contributed by atoms with Gasteiger partial charge in [0, 0.05) is 36.9 Å². The second-order valence-electron chi connectivity index (χ2n) is 6.41. The van der Waals surface area contributed by atoms with Crippen LogP contribution >= 0.6 is 0 Å². The summed E-state index contributed by atoms with van der Waals surface area (Å²) in [7, 11) is 4.37. The van der Waals surface area contributed by atoms with Gasteiger partial charge in [-0.2, -0.15) is 0 Å². The van der Waals surface area contributed by atoms with Crippen LogP contribution < -0.4 is 5.73 Å². The molecule has 4 heteroatoms. The molecule has 0 amide bonds. The summed E-state index contributed by atoms with van der Waals surface area (Å²) in [6, 6.07) is 0.163. The number of nitrogens with zero attached hydrogens (tertiary/aromatic N) is 3. The Kier molecular flexibility index (Phi) is 5.22. The van der Waals surface area contributed by atoms with Crippen LogP contribution in [0.5, 0.6) is 0 Å². The predicted octanol–water partition coefficient (Wildman–Crippen LogP) is 2.43. The molecule has 1 aliphatic rings. The first-order chi connectivity index (χ1) is 9.60. The van der Waals surface area contributed by atoms with Crippen LogP contribution in [0.4, 0.5) is 0 Å². The van der Waals surface area contributed by atoms with Gasteiger partial charge in [0.2, 0.25) is 0 Å². The Bertz CT molecular complexity index is 404. The molecule has 1 saturated carbocycles. The lowest BCUT2D eigenvalue weighted by atomic mass is 9.74. The van der Waals surface area contributed by atoms with Gasteiger partial charge in [0.1, 0.15) is 5.82 Å². The van der Waals surface area contributed by atoms with E-state index < -0.39 is 0 Å². The summed E-state index contributed by atoms with van der Waals surface area (Å²) < 4.78 is 2.26. The number of imidazole rings is 1. The molecule has 0 aromatic carbocycles. The van der Waals surface area contributed by atoms with Crippen LogP contribution in [-0.2, 0) is 13.0 Å². The minimum Gasteiger partial charge on any atom is -0.335 e. The van der Waals surface area contributed by atoms with E-state index in [4.69, 9.17) is 5.73 Å². The first kappa shape index (κ1) is 15.5. The molecule has 0 radical (unpaired) electrons. The predicted molar refractivity (Wildman–Crippen MR) is 83.7 cm³/mol. The third-order valence-corrected chi connectivity index (χ3v) is 4.97. The molecule has 114 valence electrons. The molecule has 1 aromatic heterocycles. The van der Waals surface area contributed by atoms with E-state index in [0.29, 0.717) is 0 Å². The highest BCUT2D eigenvalue weighted by Gasteiger charge is 2.40. The number of hydrogen-bond donors (Lipinski definition) is 1. The first-order valence-electron chi connectivity index (χ1n) is 8.03. The number of rotatable bonds is 6. The highest BCUT2D eigenvalue weighted by molar-refractivity contribution is 5.05. The minimum absolute atomic E-state index is 0.154. The maximum Gasteiger partial charge on any atom is 0.110 e. The van der Waals surface area contributed by atoms with Crippen molar-refractivity contribution in [2.24, 2.45) is 5.73 Å². The molecule has 2 N–H and O–H groups in total. The summed E-state index contributed by atoms with van der Waals surface area (Å²) in [5.41, 5.74) is 6.80. The third kappa shape index (κ3) is 3.07. The monoisotopic (exact) mass is 278 g/mol. The molecule has 0 aliphatic heterocycles. The molecular weight excluding hydrogens is 248 g/mol. The van der Waals surface area contributed by atoms with Gasteiger partial charge in [-0.1, -0.05) is 26.2 Å². The second-order valence-corrected chi connectivity index (χ2v) is 6.41. The SMILES string of the molecule is CCCn1ccnc1CC(N)C1(N(C)C)CCCCC1. The van der Waals surface area contributed by atoms with Gasteiger partial charge < -0.3 is 15.2 Å². The molecule has 20 heavy (non-hydrogen) atoms. The fourth-order valence-corrected chi connectivity index (χ4v) is 3.67. The first-order valence-corrected chi connectivity index (χ1v) is 8.03. The molecule has 0 bridgehead atoms. The number of aryl methyl sites for hydroxylation is 1. The van der Waals surface area contributed by atoms with Gasteiger partial charge in [0.05, 0.1) is 0 Å². The van der Waals surface area contributed by atoms with Gasteiger partial charge in [-0.25, -0.2) is 4.98 Å². The molecule has 1 heterocycles. The van der Waals surface area contributed by atoms with Crippen molar-refractivity contribution < 1.29 is 0 Å². The van der Waals surface area contributed by atoms with Crippen molar-refractivity contribution in [1.82, 2.24) is 14.5 Å². The molecule has 1 fully saturated rings. The molecule has 1 aromatic rings. The summed E-state index contributed by atoms with van der Waals surface area (Å²) in [5.74, 6) is 1.14. The maximum absolute atomic E-state index is 6.65. The van der Waals surface area contributed by atoms with Crippen molar-refractivity contribution in [1.29, 1.82) is 0 Å². The average molecular weight is 278 g/mol. The average Bonchev–Trinajstić information content (AvgIpc) is 2.87. The summed E-state index contributed by atoms with van der Waals surface area (Å²) in [4.78, 5) is 6.89. The van der Waals surface area contributed by atoms with E-state index in [1.165, 1.54) is 32.1 Å². The topological polar surface area (TPSA) is 47.1 Å². The van der Waals surface area contributed by atoms with Crippen molar-refractivity contribution in [2.75, 3.05) is 14.1 Å². The molecule has 2 rings (SSSR count). The largest absolute Gasteiger partial charge is 0.335 e. The van der Waals surface area contributed by atoms with Crippen LogP contribution in [0.2, 0.25) is 0 Å². The number of likely N-dealkylation sites (N-methyl/N-ethyl adjacent to an activating group) is 1. The van der Waals surface area contributed by atoms with Gasteiger partial charge in [-0.3, -0.25) is 0 Å². The normalized spacial score (nSPS) is 20.2. The molecule has 0 spiro atoms. The molecule has 1 unspecified atom stereocenters. The quantitative estimate of drug-likeness (QED) is 0.869. The zero-order valence-electron chi connectivity index (χ0n) is 13.3. The van der Waals surface area contributed by atoms with Crippen LogP contribution in [0, 0.1) is 0 Å². The van der Waals surface area contributed by atoms with Gasteiger partial charge in [-0.05, 0) is 33.4 Å². The van der Waals surface area contributed by atoms with Crippen molar-refractivity contribution in [3.63, 3.8) is 0 Å². The highest BCUT2D eigenvalue weighted by Crippen LogP contribution is 2.35. The third-order valence-electron chi connectivity index (χ3n) is 4.97. The van der Waals surface area contributed by atoms with E-state index in [-0.39, 0.29) is 11.6 Å². The Labute approximate surface area is 123 Å². The number of hydrogen-bond acceptors (Lipinski definition) is 3. The van der Waals surface area contributed by atoms with Crippen LogP contribution in [-0.4, -0.2) is 40.1 Å². The van der Waals surface area contributed by atoms with Gasteiger partial charge in [-0.15, -0.1) is 0 Å². The Morgan fingerprint density at radius 2 is 2.05 bits per heavy atom. The molecule has 4 nitrogen and oxygen atoms in total.